The Hall–Kier alpha value is -1.36. The molecule has 14 heavy (non-hydrogen) atoms. The zero-order valence-corrected chi connectivity index (χ0v) is 8.19. The molecular weight excluding hydrogens is 186 g/mol. The van der Waals surface area contributed by atoms with Crippen LogP contribution in [0.4, 0.5) is 0 Å². The van der Waals surface area contributed by atoms with Crippen LogP contribution in [0.15, 0.2) is 10.6 Å². The molecular formula is C9H13NO4. The first-order valence-corrected chi connectivity index (χ1v) is 4.41. The molecule has 1 aromatic rings. The number of esters is 1. The number of rotatable bonds is 4. The monoisotopic (exact) mass is 199 g/mol. The number of carbonyl (C=O) groups excluding carboxylic acids is 1. The summed E-state index contributed by atoms with van der Waals surface area (Å²) in [6.45, 7) is 3.03. The van der Waals surface area contributed by atoms with Gasteiger partial charge in [0.05, 0.1) is 6.61 Å². The van der Waals surface area contributed by atoms with Gasteiger partial charge in [-0.2, -0.15) is 0 Å². The molecule has 1 atom stereocenters. The number of nitrogens with zero attached hydrogens (tertiary/aromatic N) is 1. The van der Waals surface area contributed by atoms with Crippen LogP contribution in [0.5, 0.6) is 0 Å². The second-order valence-electron chi connectivity index (χ2n) is 2.89. The van der Waals surface area contributed by atoms with Crippen molar-refractivity contribution in [2.24, 2.45) is 0 Å². The summed E-state index contributed by atoms with van der Waals surface area (Å²) in [5.41, 5.74) is 0.436. The Labute approximate surface area is 81.7 Å². The Morgan fingerprint density at radius 2 is 2.50 bits per heavy atom. The zero-order chi connectivity index (χ0) is 10.6. The molecule has 0 saturated heterocycles. The van der Waals surface area contributed by atoms with Crippen LogP contribution >= 0.6 is 0 Å². The van der Waals surface area contributed by atoms with E-state index < -0.39 is 6.10 Å². The number of ether oxygens (including phenoxy) is 1. The number of aliphatic hydroxyl groups excluding tert-OH is 1. The molecule has 0 spiro atoms. The van der Waals surface area contributed by atoms with Crippen molar-refractivity contribution in [1.82, 2.24) is 5.16 Å². The topological polar surface area (TPSA) is 72.6 Å². The van der Waals surface area contributed by atoms with Crippen LogP contribution in [-0.4, -0.2) is 16.2 Å². The van der Waals surface area contributed by atoms with E-state index in [0.29, 0.717) is 17.9 Å². The van der Waals surface area contributed by atoms with Gasteiger partial charge in [0, 0.05) is 13.0 Å². The fraction of sp³-hybridized carbons (Fsp3) is 0.556. The van der Waals surface area contributed by atoms with E-state index in [1.165, 1.54) is 6.92 Å². The predicted molar refractivity (Wildman–Crippen MR) is 47.2 cm³/mol. The number of aromatic nitrogens is 1. The van der Waals surface area contributed by atoms with Crippen molar-refractivity contribution in [2.75, 3.05) is 0 Å². The van der Waals surface area contributed by atoms with Gasteiger partial charge in [0.2, 0.25) is 0 Å². The fourth-order valence-corrected chi connectivity index (χ4v) is 1.10. The smallest absolute Gasteiger partial charge is 0.303 e. The van der Waals surface area contributed by atoms with Crippen LogP contribution in [0, 0.1) is 0 Å². The van der Waals surface area contributed by atoms with E-state index in [2.05, 4.69) is 5.16 Å². The van der Waals surface area contributed by atoms with Crippen LogP contribution in [0.3, 0.4) is 0 Å². The second kappa shape index (κ2) is 4.76. The molecule has 0 aromatic carbocycles. The van der Waals surface area contributed by atoms with Gasteiger partial charge in [0.15, 0.2) is 11.9 Å². The lowest BCUT2D eigenvalue weighted by Crippen LogP contribution is -2.06. The van der Waals surface area contributed by atoms with Gasteiger partial charge in [-0.1, -0.05) is 12.1 Å². The minimum Gasteiger partial charge on any atom is -0.454 e. The lowest BCUT2D eigenvalue weighted by molar-refractivity contribution is -0.147. The molecule has 5 nitrogen and oxygen atoms in total. The number of hydrogen-bond donors (Lipinski definition) is 1. The Morgan fingerprint density at radius 1 is 1.79 bits per heavy atom. The van der Waals surface area contributed by atoms with Crippen LogP contribution in [0.1, 0.15) is 37.8 Å². The average molecular weight is 199 g/mol. The maximum absolute atomic E-state index is 10.7. The quantitative estimate of drug-likeness (QED) is 0.737. The highest BCUT2D eigenvalue weighted by atomic mass is 16.6. The highest BCUT2D eigenvalue weighted by Gasteiger charge is 2.17. The molecule has 0 aliphatic carbocycles. The van der Waals surface area contributed by atoms with Crippen molar-refractivity contribution in [3.05, 3.63) is 17.5 Å². The van der Waals surface area contributed by atoms with Crippen LogP contribution < -0.4 is 0 Å². The molecule has 78 valence electrons. The second-order valence-corrected chi connectivity index (χ2v) is 2.89. The van der Waals surface area contributed by atoms with Gasteiger partial charge >= 0.3 is 5.97 Å². The molecule has 0 saturated carbocycles. The third kappa shape index (κ3) is 2.56. The summed E-state index contributed by atoms with van der Waals surface area (Å²) in [6, 6.07) is 1.58. The Morgan fingerprint density at radius 3 is 2.93 bits per heavy atom. The summed E-state index contributed by atoms with van der Waals surface area (Å²) in [4.78, 5) is 10.7. The summed E-state index contributed by atoms with van der Waals surface area (Å²) >= 11 is 0. The van der Waals surface area contributed by atoms with E-state index in [0.717, 1.165) is 0 Å². The molecule has 1 rings (SSSR count). The molecule has 0 bridgehead atoms. The first kappa shape index (κ1) is 10.7. The lowest BCUT2D eigenvalue weighted by Gasteiger charge is -2.10. The molecule has 0 amide bonds. The minimum absolute atomic E-state index is 0.181. The predicted octanol–water partition coefficient (Wildman–Crippen LogP) is 1.18. The SMILES string of the molecule is CCC(OC(C)=O)c1cc(CO)no1. The highest BCUT2D eigenvalue weighted by molar-refractivity contribution is 5.66. The summed E-state index contributed by atoms with van der Waals surface area (Å²) < 4.78 is 9.91. The third-order valence-electron chi connectivity index (χ3n) is 1.74. The zero-order valence-electron chi connectivity index (χ0n) is 8.19. The Balaban J connectivity index is 2.73. The van der Waals surface area contributed by atoms with E-state index in [1.807, 2.05) is 6.92 Å². The lowest BCUT2D eigenvalue weighted by atomic mass is 10.2. The van der Waals surface area contributed by atoms with Gasteiger partial charge in [0.1, 0.15) is 5.69 Å². The van der Waals surface area contributed by atoms with Crippen LogP contribution in [0.25, 0.3) is 0 Å². The van der Waals surface area contributed by atoms with Crippen molar-refractivity contribution in [3.8, 4) is 0 Å². The van der Waals surface area contributed by atoms with E-state index in [4.69, 9.17) is 14.4 Å². The normalized spacial score (nSPS) is 12.5. The van der Waals surface area contributed by atoms with Crippen molar-refractivity contribution in [2.45, 2.75) is 33.0 Å². The van der Waals surface area contributed by atoms with Gasteiger partial charge in [-0.25, -0.2) is 0 Å². The first-order valence-electron chi connectivity index (χ1n) is 4.41. The summed E-state index contributed by atoms with van der Waals surface area (Å²) in [5, 5.41) is 12.4. The van der Waals surface area contributed by atoms with E-state index >= 15 is 0 Å². The first-order chi connectivity index (χ1) is 6.67. The number of aliphatic hydroxyl groups is 1. The number of carbonyl (C=O) groups is 1. The maximum Gasteiger partial charge on any atom is 0.303 e. The largest absolute Gasteiger partial charge is 0.454 e. The fourth-order valence-electron chi connectivity index (χ4n) is 1.10. The van der Waals surface area contributed by atoms with E-state index in [-0.39, 0.29) is 12.6 Å². The average Bonchev–Trinajstić information content (AvgIpc) is 2.62. The van der Waals surface area contributed by atoms with E-state index in [1.54, 1.807) is 6.07 Å². The highest BCUT2D eigenvalue weighted by Crippen LogP contribution is 2.21. The Kier molecular flexibility index (Phi) is 3.64. The maximum atomic E-state index is 10.7. The van der Waals surface area contributed by atoms with E-state index in [9.17, 15) is 4.79 Å². The van der Waals surface area contributed by atoms with Gasteiger partial charge < -0.3 is 14.4 Å². The van der Waals surface area contributed by atoms with Crippen molar-refractivity contribution in [1.29, 1.82) is 0 Å². The molecule has 1 N–H and O–H groups in total. The molecule has 0 fully saturated rings. The Bertz CT molecular complexity index is 308. The molecule has 5 heteroatoms. The number of hydrogen-bond acceptors (Lipinski definition) is 5. The molecule has 1 heterocycles. The van der Waals surface area contributed by atoms with Gasteiger partial charge in [-0.05, 0) is 6.42 Å². The molecule has 0 aliphatic heterocycles. The third-order valence-corrected chi connectivity index (χ3v) is 1.74. The summed E-state index contributed by atoms with van der Waals surface area (Å²) in [7, 11) is 0. The van der Waals surface area contributed by atoms with Gasteiger partial charge in [0.25, 0.3) is 0 Å². The summed E-state index contributed by atoms with van der Waals surface area (Å²) in [5.74, 6) is 0.102. The molecule has 0 aliphatic rings. The standard InChI is InChI=1S/C9H13NO4/c1-3-8(13-6(2)12)9-4-7(5-11)10-14-9/h4,8,11H,3,5H2,1-2H3. The molecule has 1 unspecified atom stereocenters. The van der Waals surface area contributed by atoms with Crippen LogP contribution in [-0.2, 0) is 16.1 Å². The van der Waals surface area contributed by atoms with Crippen molar-refractivity contribution in [3.63, 3.8) is 0 Å². The van der Waals surface area contributed by atoms with Crippen LogP contribution in [0.2, 0.25) is 0 Å². The van der Waals surface area contributed by atoms with Crippen molar-refractivity contribution < 1.29 is 19.2 Å². The molecule has 0 radical (unpaired) electrons. The minimum atomic E-state index is -0.416. The van der Waals surface area contributed by atoms with Gasteiger partial charge in [-0.15, -0.1) is 0 Å². The van der Waals surface area contributed by atoms with Gasteiger partial charge in [-0.3, -0.25) is 4.79 Å². The summed E-state index contributed by atoms with van der Waals surface area (Å²) in [6.07, 6.45) is 0.194. The van der Waals surface area contributed by atoms with Crippen molar-refractivity contribution >= 4 is 5.97 Å². The molecule has 1 aromatic heterocycles.